The zero-order valence-corrected chi connectivity index (χ0v) is 9.78. The van der Waals surface area contributed by atoms with Gasteiger partial charge in [-0.3, -0.25) is 0 Å². The third-order valence-electron chi connectivity index (χ3n) is 0.667. The molecule has 0 aromatic rings. The Balaban J connectivity index is -0.000000180. The summed E-state index contributed by atoms with van der Waals surface area (Å²) in [6.45, 7) is 8.61. The molecule has 8 heavy (non-hydrogen) atoms. The Kier molecular flexibility index (Phi) is 10.3. The van der Waals surface area contributed by atoms with Crippen LogP contribution in [0, 0.1) is 0 Å². The number of rotatable bonds is 2. The van der Waals surface area contributed by atoms with Crippen LogP contribution < -0.4 is 56.7 Å². The molecule has 0 spiro atoms. The van der Waals surface area contributed by atoms with E-state index >= 15 is 0 Å². The first-order valence-corrected chi connectivity index (χ1v) is 2.89. The standard InChI is InChI=1S/C6H15N.K.H/c1-5(2)7-6(3)4;;/h5-7H,1-4H3;;/q;+1;-1. The van der Waals surface area contributed by atoms with Gasteiger partial charge < -0.3 is 6.74 Å². The maximum absolute atomic E-state index is 3.31. The van der Waals surface area contributed by atoms with Crippen molar-refractivity contribution in [2.45, 2.75) is 39.8 Å². The average molecular weight is 141 g/mol. The summed E-state index contributed by atoms with van der Waals surface area (Å²) in [5, 5.41) is 3.31. The number of nitrogens with one attached hydrogen (secondary N) is 1. The molecule has 0 bridgehead atoms. The minimum atomic E-state index is 0. The summed E-state index contributed by atoms with van der Waals surface area (Å²) in [4.78, 5) is 0. The fraction of sp³-hybridized carbons (Fsp3) is 1.00. The average Bonchev–Trinajstić information content (AvgIpc) is 1.27. The van der Waals surface area contributed by atoms with Crippen molar-refractivity contribution in [3.63, 3.8) is 0 Å². The van der Waals surface area contributed by atoms with Crippen LogP contribution in [0.4, 0.5) is 0 Å². The SMILES string of the molecule is CC(C)NC(C)C.[H-].[K+]. The molecule has 0 aliphatic rings. The molecule has 0 aliphatic carbocycles. The summed E-state index contributed by atoms with van der Waals surface area (Å²) in [5.41, 5.74) is 0. The third kappa shape index (κ3) is 10.6. The molecule has 1 N–H and O–H groups in total. The summed E-state index contributed by atoms with van der Waals surface area (Å²) >= 11 is 0. The summed E-state index contributed by atoms with van der Waals surface area (Å²) in [5.74, 6) is 0. The van der Waals surface area contributed by atoms with Gasteiger partial charge in [-0.1, -0.05) is 27.7 Å². The molecule has 0 unspecified atom stereocenters. The van der Waals surface area contributed by atoms with Gasteiger partial charge >= 0.3 is 51.4 Å². The van der Waals surface area contributed by atoms with E-state index in [1.54, 1.807) is 0 Å². The van der Waals surface area contributed by atoms with Crippen LogP contribution in [-0.4, -0.2) is 12.1 Å². The van der Waals surface area contributed by atoms with E-state index in [4.69, 9.17) is 0 Å². The molecular weight excluding hydrogens is 125 g/mol. The van der Waals surface area contributed by atoms with E-state index in [0.29, 0.717) is 12.1 Å². The van der Waals surface area contributed by atoms with Crippen molar-refractivity contribution in [2.75, 3.05) is 0 Å². The zero-order chi connectivity index (χ0) is 5.86. The van der Waals surface area contributed by atoms with Crippen molar-refractivity contribution >= 4 is 0 Å². The maximum Gasteiger partial charge on any atom is 1.00 e. The van der Waals surface area contributed by atoms with Gasteiger partial charge in [-0.25, -0.2) is 0 Å². The maximum atomic E-state index is 3.31. The van der Waals surface area contributed by atoms with E-state index in [1.807, 2.05) is 0 Å². The Bertz CT molecular complexity index is 42.3. The first kappa shape index (κ1) is 12.3. The zero-order valence-electron chi connectivity index (χ0n) is 7.65. The molecule has 0 aromatic carbocycles. The van der Waals surface area contributed by atoms with Gasteiger partial charge in [0.05, 0.1) is 0 Å². The van der Waals surface area contributed by atoms with Crippen LogP contribution in [0.2, 0.25) is 0 Å². The fourth-order valence-corrected chi connectivity index (χ4v) is 0.667. The second kappa shape index (κ2) is 6.71. The van der Waals surface area contributed by atoms with Crippen LogP contribution in [0.25, 0.3) is 0 Å². The molecule has 46 valence electrons. The van der Waals surface area contributed by atoms with Crippen molar-refractivity contribution in [2.24, 2.45) is 0 Å². The quantitative estimate of drug-likeness (QED) is 0.462. The Hall–Kier alpha value is 1.60. The Morgan fingerprint density at radius 3 is 1.25 bits per heavy atom. The van der Waals surface area contributed by atoms with Crippen molar-refractivity contribution in [3.8, 4) is 0 Å². The largest absolute Gasteiger partial charge is 1.00 e. The molecule has 0 amide bonds. The molecule has 0 atom stereocenters. The van der Waals surface area contributed by atoms with Gasteiger partial charge in [0.25, 0.3) is 0 Å². The van der Waals surface area contributed by atoms with Crippen LogP contribution in [0.15, 0.2) is 0 Å². The molecule has 0 radical (unpaired) electrons. The van der Waals surface area contributed by atoms with Crippen LogP contribution in [0.1, 0.15) is 29.1 Å². The predicted molar refractivity (Wildman–Crippen MR) is 34.5 cm³/mol. The molecule has 0 saturated heterocycles. The summed E-state index contributed by atoms with van der Waals surface area (Å²) in [6.07, 6.45) is 0. The second-order valence-electron chi connectivity index (χ2n) is 2.48. The molecule has 2 heteroatoms. The van der Waals surface area contributed by atoms with E-state index in [-0.39, 0.29) is 52.8 Å². The van der Waals surface area contributed by atoms with Gasteiger partial charge in [0, 0.05) is 12.1 Å². The van der Waals surface area contributed by atoms with Crippen LogP contribution in [0.3, 0.4) is 0 Å². The minimum Gasteiger partial charge on any atom is -1.00 e. The van der Waals surface area contributed by atoms with E-state index in [2.05, 4.69) is 33.0 Å². The minimum absolute atomic E-state index is 0. The van der Waals surface area contributed by atoms with Gasteiger partial charge in [-0.15, -0.1) is 0 Å². The van der Waals surface area contributed by atoms with Gasteiger partial charge in [0.1, 0.15) is 0 Å². The van der Waals surface area contributed by atoms with E-state index < -0.39 is 0 Å². The van der Waals surface area contributed by atoms with Gasteiger partial charge in [-0.05, 0) is 0 Å². The summed E-state index contributed by atoms with van der Waals surface area (Å²) in [6, 6.07) is 1.25. The summed E-state index contributed by atoms with van der Waals surface area (Å²) in [7, 11) is 0. The molecule has 0 fully saturated rings. The van der Waals surface area contributed by atoms with Gasteiger partial charge in [-0.2, -0.15) is 0 Å². The molecular formula is C6H16KN. The van der Waals surface area contributed by atoms with E-state index in [0.717, 1.165) is 0 Å². The third-order valence-corrected chi connectivity index (χ3v) is 0.667. The van der Waals surface area contributed by atoms with E-state index in [1.165, 1.54) is 0 Å². The van der Waals surface area contributed by atoms with E-state index in [9.17, 15) is 0 Å². The smallest absolute Gasteiger partial charge is 1.00 e. The number of hydrogen-bond acceptors (Lipinski definition) is 1. The molecule has 0 aliphatic heterocycles. The Morgan fingerprint density at radius 2 is 1.25 bits per heavy atom. The van der Waals surface area contributed by atoms with Crippen molar-refractivity contribution in [1.29, 1.82) is 0 Å². The van der Waals surface area contributed by atoms with Crippen LogP contribution >= 0.6 is 0 Å². The normalized spacial score (nSPS) is 9.75. The molecule has 0 rings (SSSR count). The molecule has 0 saturated carbocycles. The van der Waals surface area contributed by atoms with Crippen LogP contribution in [0.5, 0.6) is 0 Å². The first-order chi connectivity index (χ1) is 3.13. The van der Waals surface area contributed by atoms with Crippen molar-refractivity contribution < 1.29 is 52.8 Å². The van der Waals surface area contributed by atoms with Gasteiger partial charge in [0.15, 0.2) is 0 Å². The second-order valence-corrected chi connectivity index (χ2v) is 2.48. The van der Waals surface area contributed by atoms with Crippen molar-refractivity contribution in [1.82, 2.24) is 5.32 Å². The first-order valence-electron chi connectivity index (χ1n) is 2.89. The molecule has 0 aromatic heterocycles. The Labute approximate surface area is 96.5 Å². The monoisotopic (exact) mass is 141 g/mol. The molecule has 1 nitrogen and oxygen atoms in total. The number of hydrogen-bond donors (Lipinski definition) is 1. The topological polar surface area (TPSA) is 12.0 Å². The summed E-state index contributed by atoms with van der Waals surface area (Å²) < 4.78 is 0. The van der Waals surface area contributed by atoms with Crippen LogP contribution in [-0.2, 0) is 0 Å². The van der Waals surface area contributed by atoms with Crippen molar-refractivity contribution in [3.05, 3.63) is 0 Å². The molecule has 0 heterocycles. The Morgan fingerprint density at radius 1 is 1.00 bits per heavy atom. The van der Waals surface area contributed by atoms with Gasteiger partial charge in [0.2, 0.25) is 0 Å². The fourth-order valence-electron chi connectivity index (χ4n) is 0.667. The predicted octanol–water partition coefficient (Wildman–Crippen LogP) is -1.49.